The van der Waals surface area contributed by atoms with Gasteiger partial charge in [-0.2, -0.15) is 0 Å². The summed E-state index contributed by atoms with van der Waals surface area (Å²) in [4.78, 5) is 25.0. The third kappa shape index (κ3) is 4.25. The Balaban J connectivity index is 2.13. The van der Waals surface area contributed by atoms with Gasteiger partial charge in [-0.1, -0.05) is 42.1 Å². The van der Waals surface area contributed by atoms with Crippen LogP contribution in [0.3, 0.4) is 0 Å². The molecule has 0 aliphatic carbocycles. The number of carbonyl (C=O) groups is 2. The Hall–Kier alpha value is -2.47. The van der Waals surface area contributed by atoms with Crippen LogP contribution in [-0.4, -0.2) is 19.0 Å². The maximum Gasteiger partial charge on any atom is 0.333 e. The zero-order valence-corrected chi connectivity index (χ0v) is 12.2. The summed E-state index contributed by atoms with van der Waals surface area (Å²) in [6, 6.07) is 16.5. The van der Waals surface area contributed by atoms with Crippen molar-refractivity contribution in [2.24, 2.45) is 0 Å². The van der Waals surface area contributed by atoms with E-state index in [9.17, 15) is 9.59 Å². The SMILES string of the molecule is CNC(=O)NNC(=O)c1ccccc1Sc1ccccc1. The lowest BCUT2D eigenvalue weighted by molar-refractivity contribution is 0.0933. The van der Waals surface area contributed by atoms with E-state index < -0.39 is 6.03 Å². The molecule has 3 amide bonds. The predicted molar refractivity (Wildman–Crippen MR) is 82.1 cm³/mol. The van der Waals surface area contributed by atoms with Crippen molar-refractivity contribution in [2.75, 3.05) is 7.05 Å². The molecule has 0 fully saturated rings. The Morgan fingerprint density at radius 3 is 2.29 bits per heavy atom. The predicted octanol–water partition coefficient (Wildman–Crippen LogP) is 2.41. The van der Waals surface area contributed by atoms with Crippen LogP contribution in [0.15, 0.2) is 64.4 Å². The van der Waals surface area contributed by atoms with Gasteiger partial charge in [-0.05, 0) is 24.3 Å². The van der Waals surface area contributed by atoms with Crippen LogP contribution < -0.4 is 16.2 Å². The Labute approximate surface area is 127 Å². The summed E-state index contributed by atoms with van der Waals surface area (Å²) in [5.74, 6) is -0.363. The monoisotopic (exact) mass is 301 g/mol. The highest BCUT2D eigenvalue weighted by atomic mass is 32.2. The van der Waals surface area contributed by atoms with Crippen molar-refractivity contribution >= 4 is 23.7 Å². The van der Waals surface area contributed by atoms with E-state index >= 15 is 0 Å². The van der Waals surface area contributed by atoms with Crippen LogP contribution in [0.2, 0.25) is 0 Å². The Morgan fingerprint density at radius 1 is 0.905 bits per heavy atom. The van der Waals surface area contributed by atoms with Gasteiger partial charge >= 0.3 is 6.03 Å². The molecule has 21 heavy (non-hydrogen) atoms. The molecule has 0 radical (unpaired) electrons. The first-order chi connectivity index (χ1) is 10.2. The molecule has 0 unspecified atom stereocenters. The molecule has 2 aromatic carbocycles. The van der Waals surface area contributed by atoms with Crippen molar-refractivity contribution < 1.29 is 9.59 Å². The van der Waals surface area contributed by atoms with Crippen molar-refractivity contribution in [1.82, 2.24) is 16.2 Å². The van der Waals surface area contributed by atoms with Crippen LogP contribution in [0.1, 0.15) is 10.4 Å². The van der Waals surface area contributed by atoms with Crippen LogP contribution in [0.4, 0.5) is 4.79 Å². The molecule has 0 atom stereocenters. The van der Waals surface area contributed by atoms with Crippen LogP contribution in [-0.2, 0) is 0 Å². The number of urea groups is 1. The molecule has 108 valence electrons. The van der Waals surface area contributed by atoms with Gasteiger partial charge in [0.05, 0.1) is 5.56 Å². The fourth-order valence-electron chi connectivity index (χ4n) is 1.60. The summed E-state index contributed by atoms with van der Waals surface area (Å²) in [6.07, 6.45) is 0. The number of hydrogen-bond donors (Lipinski definition) is 3. The molecule has 0 aromatic heterocycles. The van der Waals surface area contributed by atoms with Crippen molar-refractivity contribution in [3.05, 3.63) is 60.2 Å². The van der Waals surface area contributed by atoms with Gasteiger partial charge in [-0.15, -0.1) is 0 Å². The second-order valence-electron chi connectivity index (χ2n) is 4.07. The lowest BCUT2D eigenvalue weighted by Crippen LogP contribution is -2.45. The third-order valence-electron chi connectivity index (χ3n) is 2.62. The van der Waals surface area contributed by atoms with Crippen molar-refractivity contribution in [2.45, 2.75) is 9.79 Å². The van der Waals surface area contributed by atoms with E-state index in [-0.39, 0.29) is 5.91 Å². The minimum absolute atomic E-state index is 0.363. The van der Waals surface area contributed by atoms with Gasteiger partial charge in [0.25, 0.3) is 5.91 Å². The van der Waals surface area contributed by atoms with E-state index in [4.69, 9.17) is 0 Å². The number of hydrogen-bond acceptors (Lipinski definition) is 3. The van der Waals surface area contributed by atoms with E-state index in [1.807, 2.05) is 42.5 Å². The number of carbonyl (C=O) groups excluding carboxylic acids is 2. The normalized spacial score (nSPS) is 9.76. The molecular weight excluding hydrogens is 286 g/mol. The largest absolute Gasteiger partial charge is 0.340 e. The number of hydrazine groups is 1. The van der Waals surface area contributed by atoms with E-state index in [2.05, 4.69) is 16.2 Å². The zero-order valence-electron chi connectivity index (χ0n) is 11.4. The lowest BCUT2D eigenvalue weighted by atomic mass is 10.2. The van der Waals surface area contributed by atoms with E-state index in [1.54, 1.807) is 12.1 Å². The fraction of sp³-hybridized carbons (Fsp3) is 0.0667. The quantitative estimate of drug-likeness (QED) is 0.763. The summed E-state index contributed by atoms with van der Waals surface area (Å²) in [6.45, 7) is 0. The maximum atomic E-state index is 12.1. The molecule has 0 aliphatic rings. The molecule has 0 heterocycles. The third-order valence-corrected chi connectivity index (χ3v) is 3.70. The van der Waals surface area contributed by atoms with Crippen LogP contribution in [0.25, 0.3) is 0 Å². The van der Waals surface area contributed by atoms with E-state index in [1.165, 1.54) is 18.8 Å². The van der Waals surface area contributed by atoms with Gasteiger partial charge in [0, 0.05) is 16.8 Å². The lowest BCUT2D eigenvalue weighted by Gasteiger charge is -2.10. The van der Waals surface area contributed by atoms with Gasteiger partial charge < -0.3 is 5.32 Å². The maximum absolute atomic E-state index is 12.1. The molecule has 0 aliphatic heterocycles. The van der Waals surface area contributed by atoms with Crippen molar-refractivity contribution in [3.8, 4) is 0 Å². The second kappa shape index (κ2) is 7.35. The first kappa shape index (κ1) is 14.9. The van der Waals surface area contributed by atoms with Gasteiger partial charge in [-0.3, -0.25) is 10.2 Å². The zero-order chi connectivity index (χ0) is 15.1. The highest BCUT2D eigenvalue weighted by molar-refractivity contribution is 7.99. The number of nitrogens with one attached hydrogen (secondary N) is 3. The summed E-state index contributed by atoms with van der Waals surface area (Å²) >= 11 is 1.49. The smallest absolute Gasteiger partial charge is 0.333 e. The van der Waals surface area contributed by atoms with Gasteiger partial charge in [0.2, 0.25) is 0 Å². The first-order valence-electron chi connectivity index (χ1n) is 6.30. The molecule has 2 aromatic rings. The summed E-state index contributed by atoms with van der Waals surface area (Å²) in [7, 11) is 1.47. The summed E-state index contributed by atoms with van der Waals surface area (Å²) in [5.41, 5.74) is 5.13. The van der Waals surface area contributed by atoms with E-state index in [0.29, 0.717) is 5.56 Å². The highest BCUT2D eigenvalue weighted by Crippen LogP contribution is 2.29. The number of benzene rings is 2. The van der Waals surface area contributed by atoms with Gasteiger partial charge in [0.15, 0.2) is 0 Å². The minimum Gasteiger partial charge on any atom is -0.340 e. The molecule has 0 saturated carbocycles. The fourth-order valence-corrected chi connectivity index (χ4v) is 2.57. The number of rotatable bonds is 3. The van der Waals surface area contributed by atoms with Gasteiger partial charge in [0.1, 0.15) is 0 Å². The standard InChI is InChI=1S/C15H15N3O2S/c1-16-15(20)18-17-14(19)12-9-5-6-10-13(12)21-11-7-3-2-4-8-11/h2-10H,1H3,(H,17,19)(H2,16,18,20). The minimum atomic E-state index is -0.475. The summed E-state index contributed by atoms with van der Waals surface area (Å²) in [5, 5.41) is 2.36. The molecule has 0 saturated heterocycles. The molecule has 0 bridgehead atoms. The van der Waals surface area contributed by atoms with Crippen LogP contribution >= 0.6 is 11.8 Å². The second-order valence-corrected chi connectivity index (χ2v) is 5.18. The van der Waals surface area contributed by atoms with Crippen molar-refractivity contribution in [3.63, 3.8) is 0 Å². The van der Waals surface area contributed by atoms with E-state index in [0.717, 1.165) is 9.79 Å². The first-order valence-corrected chi connectivity index (χ1v) is 7.12. The molecular formula is C15H15N3O2S. The van der Waals surface area contributed by atoms with Crippen LogP contribution in [0, 0.1) is 0 Å². The average Bonchev–Trinajstić information content (AvgIpc) is 2.53. The number of amides is 3. The molecule has 3 N–H and O–H groups in total. The molecule has 5 nitrogen and oxygen atoms in total. The van der Waals surface area contributed by atoms with Crippen LogP contribution in [0.5, 0.6) is 0 Å². The Morgan fingerprint density at radius 2 is 1.57 bits per heavy atom. The van der Waals surface area contributed by atoms with Gasteiger partial charge in [-0.25, -0.2) is 10.2 Å². The Bertz CT molecular complexity index is 632. The van der Waals surface area contributed by atoms with Crippen molar-refractivity contribution in [1.29, 1.82) is 0 Å². The average molecular weight is 301 g/mol. The summed E-state index contributed by atoms with van der Waals surface area (Å²) < 4.78 is 0. The highest BCUT2D eigenvalue weighted by Gasteiger charge is 2.12. The Kier molecular flexibility index (Phi) is 5.22. The molecule has 2 rings (SSSR count). The topological polar surface area (TPSA) is 70.2 Å². The molecule has 6 heteroatoms. The molecule has 0 spiro atoms.